The maximum atomic E-state index is 11.9. The maximum absolute atomic E-state index is 11.9. The zero-order valence-electron chi connectivity index (χ0n) is 22.6. The van der Waals surface area contributed by atoms with Gasteiger partial charge < -0.3 is 18.9 Å². The van der Waals surface area contributed by atoms with Gasteiger partial charge in [0, 0.05) is 40.0 Å². The van der Waals surface area contributed by atoms with Crippen molar-refractivity contribution in [1.29, 1.82) is 0 Å². The number of benzene rings is 2. The van der Waals surface area contributed by atoms with Gasteiger partial charge in [0.1, 0.15) is 23.0 Å². The van der Waals surface area contributed by atoms with Crippen LogP contribution in [0.4, 0.5) is 0 Å². The Hall–Kier alpha value is -5.16. The first-order valence-corrected chi connectivity index (χ1v) is 11.4. The van der Waals surface area contributed by atoms with Gasteiger partial charge in [-0.1, -0.05) is 37.2 Å². The van der Waals surface area contributed by atoms with Crippen LogP contribution in [0.15, 0.2) is 85.0 Å². The zero-order chi connectivity index (χ0) is 29.7. The van der Waals surface area contributed by atoms with E-state index in [2.05, 4.69) is 38.2 Å². The fourth-order valence-corrected chi connectivity index (χ4v) is 2.31. The molecule has 0 atom stereocenters. The number of carbonyl (C=O) groups excluding carboxylic acids is 4. The Morgan fingerprint density at radius 2 is 0.872 bits per heavy atom. The van der Waals surface area contributed by atoms with E-state index in [1.165, 1.54) is 62.7 Å². The fraction of sp³-hybridized carbons (Fsp3) is 0.161. The number of allylic oxidation sites excluding steroid dienone is 1. The monoisotopic (exact) mass is 530 g/mol. The Balaban J connectivity index is 0.00000177. The number of carbonyl (C=O) groups is 4. The van der Waals surface area contributed by atoms with Gasteiger partial charge in [0.25, 0.3) is 6.47 Å². The molecule has 0 aliphatic rings. The van der Waals surface area contributed by atoms with Gasteiger partial charge in [-0.2, -0.15) is 0 Å². The van der Waals surface area contributed by atoms with Gasteiger partial charge >= 0.3 is 17.9 Å². The molecule has 0 N–H and O–H groups in total. The number of hydrogen-bond donors (Lipinski definition) is 0. The van der Waals surface area contributed by atoms with Gasteiger partial charge in [0.15, 0.2) is 0 Å². The first-order chi connectivity index (χ1) is 18.2. The Bertz CT molecular complexity index is 1350. The number of hydrogen-bond acceptors (Lipinski definition) is 8. The van der Waals surface area contributed by atoms with Crippen LogP contribution in [-0.2, 0) is 19.2 Å². The summed E-state index contributed by atoms with van der Waals surface area (Å²) in [7, 11) is 0. The summed E-state index contributed by atoms with van der Waals surface area (Å²) in [5, 5.41) is 0. The quantitative estimate of drug-likeness (QED) is 0.108. The van der Waals surface area contributed by atoms with Crippen molar-refractivity contribution in [3.8, 4) is 34.8 Å². The van der Waals surface area contributed by atoms with Gasteiger partial charge in [0.2, 0.25) is 0 Å². The van der Waals surface area contributed by atoms with E-state index in [9.17, 15) is 19.2 Å². The van der Waals surface area contributed by atoms with Gasteiger partial charge in [0.05, 0.1) is 0 Å². The normalized spacial score (nSPS) is 9.26. The van der Waals surface area contributed by atoms with E-state index in [0.29, 0.717) is 11.1 Å². The third kappa shape index (κ3) is 12.1. The first kappa shape index (κ1) is 31.9. The average Bonchev–Trinajstić information content (AvgIpc) is 2.82. The predicted molar refractivity (Wildman–Crippen MR) is 147 cm³/mol. The minimum atomic E-state index is -0.671. The predicted octanol–water partition coefficient (Wildman–Crippen LogP) is 5.65. The summed E-state index contributed by atoms with van der Waals surface area (Å²) in [6, 6.07) is 8.51. The number of esters is 3. The van der Waals surface area contributed by atoms with Crippen LogP contribution in [-0.4, -0.2) is 24.4 Å². The molecule has 0 amide bonds. The van der Waals surface area contributed by atoms with E-state index in [1.54, 1.807) is 0 Å². The molecule has 39 heavy (non-hydrogen) atoms. The van der Waals surface area contributed by atoms with Crippen LogP contribution in [0.2, 0.25) is 0 Å². The van der Waals surface area contributed by atoms with Crippen molar-refractivity contribution in [1.82, 2.24) is 0 Å². The topological polar surface area (TPSA) is 105 Å². The molecule has 2 rings (SSSR count). The molecule has 8 heteroatoms. The van der Waals surface area contributed by atoms with Crippen molar-refractivity contribution in [2.75, 3.05) is 0 Å². The van der Waals surface area contributed by atoms with Gasteiger partial charge in [-0.05, 0) is 58.9 Å². The Kier molecular flexibility index (Phi) is 12.4. The molecule has 0 aromatic heterocycles. The molecule has 0 bridgehead atoms. The van der Waals surface area contributed by atoms with Crippen LogP contribution in [0.25, 0.3) is 0 Å². The van der Waals surface area contributed by atoms with Gasteiger partial charge in [-0.25, -0.2) is 14.4 Å². The van der Waals surface area contributed by atoms with Crippen molar-refractivity contribution < 1.29 is 38.1 Å². The van der Waals surface area contributed by atoms with Crippen LogP contribution in [0, 0.1) is 11.8 Å². The minimum Gasteiger partial charge on any atom is -0.429 e. The molecule has 0 unspecified atom stereocenters. The summed E-state index contributed by atoms with van der Waals surface area (Å²) >= 11 is 0. The molecule has 2 aromatic rings. The molecule has 8 nitrogen and oxygen atoms in total. The molecule has 2 aromatic carbocycles. The van der Waals surface area contributed by atoms with Crippen molar-refractivity contribution >= 4 is 24.4 Å². The van der Waals surface area contributed by atoms with E-state index >= 15 is 0 Å². The lowest BCUT2D eigenvalue weighted by molar-refractivity contribution is -0.131. The zero-order valence-corrected chi connectivity index (χ0v) is 22.6. The minimum absolute atomic E-state index is 0.0726. The lowest BCUT2D eigenvalue weighted by Gasteiger charge is -2.09. The van der Waals surface area contributed by atoms with Crippen LogP contribution in [0.1, 0.15) is 45.7 Å². The van der Waals surface area contributed by atoms with Crippen LogP contribution < -0.4 is 18.9 Å². The summed E-state index contributed by atoms with van der Waals surface area (Å²) in [6.07, 6.45) is 0. The molecule has 0 aliphatic carbocycles. The highest BCUT2D eigenvalue weighted by Gasteiger charge is 2.12. The van der Waals surface area contributed by atoms with E-state index in [-0.39, 0.29) is 46.2 Å². The summed E-state index contributed by atoms with van der Waals surface area (Å²) in [6.45, 7) is 22.8. The summed E-state index contributed by atoms with van der Waals surface area (Å²) < 4.78 is 20.5. The average molecular weight is 531 g/mol. The van der Waals surface area contributed by atoms with Crippen molar-refractivity contribution in [2.24, 2.45) is 0 Å². The Labute approximate surface area is 228 Å². The fourth-order valence-electron chi connectivity index (χ4n) is 2.31. The maximum Gasteiger partial charge on any atom is 0.338 e. The molecular formula is C31H30O8. The van der Waals surface area contributed by atoms with E-state index in [0.717, 1.165) is 0 Å². The van der Waals surface area contributed by atoms with E-state index in [4.69, 9.17) is 18.9 Å². The van der Waals surface area contributed by atoms with Gasteiger partial charge in [-0.15, -0.1) is 6.58 Å². The van der Waals surface area contributed by atoms with Crippen molar-refractivity contribution in [3.05, 3.63) is 96.1 Å². The van der Waals surface area contributed by atoms with Crippen molar-refractivity contribution in [3.63, 3.8) is 0 Å². The largest absolute Gasteiger partial charge is 0.429 e. The van der Waals surface area contributed by atoms with E-state index in [1.807, 2.05) is 13.8 Å². The molecule has 0 fully saturated rings. The van der Waals surface area contributed by atoms with Gasteiger partial charge in [-0.3, -0.25) is 4.79 Å². The van der Waals surface area contributed by atoms with Crippen LogP contribution >= 0.6 is 0 Å². The summed E-state index contributed by atoms with van der Waals surface area (Å²) in [5.41, 5.74) is 2.34. The second-order valence-corrected chi connectivity index (χ2v) is 8.57. The first-order valence-electron chi connectivity index (χ1n) is 11.4. The Morgan fingerprint density at radius 3 is 1.15 bits per heavy atom. The third-order valence-corrected chi connectivity index (χ3v) is 3.97. The second kappa shape index (κ2) is 15.2. The van der Waals surface area contributed by atoms with Crippen molar-refractivity contribution in [2.45, 2.75) is 34.6 Å². The smallest absolute Gasteiger partial charge is 0.338 e. The highest BCUT2D eigenvalue weighted by molar-refractivity contribution is 5.90. The molecule has 0 spiro atoms. The lowest BCUT2D eigenvalue weighted by atomic mass is 10.1. The standard InChI is InChI=1S/C27H22O8.C4H8/c1-16(2)25(29)33-22-10-19(9-21(13-22)32-15-28)7-8-20-11-23(34-26(30)17(3)4)14-24(12-20)35-27(31)18(5)6;1-4(2)3/h9-15H,1,3,5H2,2,4,6H3;1H2,2-3H3. The molecule has 202 valence electrons. The Morgan fingerprint density at radius 1 is 0.590 bits per heavy atom. The molecular weight excluding hydrogens is 500 g/mol. The lowest BCUT2D eigenvalue weighted by Crippen LogP contribution is -2.10. The van der Waals surface area contributed by atoms with Crippen LogP contribution in [0.3, 0.4) is 0 Å². The molecule has 0 aliphatic heterocycles. The number of ether oxygens (including phenoxy) is 4. The number of rotatable bonds is 8. The highest BCUT2D eigenvalue weighted by Crippen LogP contribution is 2.26. The summed E-state index contributed by atoms with van der Waals surface area (Å²) in [5.74, 6) is 3.99. The van der Waals surface area contributed by atoms with Crippen LogP contribution in [0.5, 0.6) is 23.0 Å². The second-order valence-electron chi connectivity index (χ2n) is 8.57. The highest BCUT2D eigenvalue weighted by atomic mass is 16.6. The molecule has 0 saturated carbocycles. The molecule has 0 saturated heterocycles. The SMILES string of the molecule is C=C(C)C.C=C(C)C(=O)Oc1cc(C#Cc2cc(OC(=O)C(=C)C)cc(OC(=O)C(=C)C)c2)cc(OC=O)c1. The molecule has 0 heterocycles. The molecule has 0 radical (unpaired) electrons. The summed E-state index contributed by atoms with van der Waals surface area (Å²) in [4.78, 5) is 46.5. The van der Waals surface area contributed by atoms with E-state index < -0.39 is 17.9 Å². The third-order valence-electron chi connectivity index (χ3n) is 3.97.